The molecule has 0 amide bonds. The summed E-state index contributed by atoms with van der Waals surface area (Å²) >= 11 is 6.11. The molecule has 0 bridgehead atoms. The van der Waals surface area contributed by atoms with Crippen molar-refractivity contribution in [1.29, 1.82) is 0 Å². The molecule has 0 unspecified atom stereocenters. The number of piperazine rings is 1. The van der Waals surface area contributed by atoms with Gasteiger partial charge in [-0.05, 0) is 6.07 Å². The number of pyridine rings is 1. The maximum absolute atomic E-state index is 6.11. The summed E-state index contributed by atoms with van der Waals surface area (Å²) in [6, 6.07) is 3.88. The number of rotatable bonds is 2. The number of anilines is 1. The number of nitrogens with one attached hydrogen (secondary N) is 1. The van der Waals surface area contributed by atoms with E-state index in [-0.39, 0.29) is 51.4 Å². The zero-order valence-electron chi connectivity index (χ0n) is 9.70. The zero-order chi connectivity index (χ0) is 10.7. The van der Waals surface area contributed by atoms with Gasteiger partial charge >= 0.3 is 51.4 Å². The van der Waals surface area contributed by atoms with Crippen LogP contribution >= 0.6 is 11.6 Å². The molecule has 6 heteroatoms. The predicted octanol–water partition coefficient (Wildman–Crippen LogP) is -1.22. The molecule has 1 aromatic rings. The van der Waals surface area contributed by atoms with Gasteiger partial charge < -0.3 is 20.5 Å². The fourth-order valence-corrected chi connectivity index (χ4v) is 1.95. The molecule has 16 heavy (non-hydrogen) atoms. The molecule has 0 aliphatic carbocycles. The van der Waals surface area contributed by atoms with Gasteiger partial charge in [0, 0.05) is 26.2 Å². The van der Waals surface area contributed by atoms with Crippen LogP contribution in [-0.4, -0.2) is 38.2 Å². The third-order valence-electron chi connectivity index (χ3n) is 2.50. The summed E-state index contributed by atoms with van der Waals surface area (Å²) in [5.41, 5.74) is 1.01. The zero-order valence-corrected chi connectivity index (χ0v) is 13.6. The first-order valence-corrected chi connectivity index (χ1v) is 5.41. The minimum atomic E-state index is 0. The quantitative estimate of drug-likeness (QED) is 0.538. The van der Waals surface area contributed by atoms with Crippen LogP contribution in [-0.2, 0) is 0 Å². The molecule has 1 aromatic heterocycles. The van der Waals surface area contributed by atoms with Crippen molar-refractivity contribution in [2.45, 2.75) is 0 Å². The van der Waals surface area contributed by atoms with E-state index >= 15 is 0 Å². The maximum Gasteiger partial charge on any atom is 1.00 e. The van der Waals surface area contributed by atoms with Crippen LogP contribution < -0.4 is 61.6 Å². The number of hydrogen-bond acceptors (Lipinski definition) is 3. The Hall–Kier alpha value is 0.636. The minimum Gasteiger partial charge on any atom is -0.469 e. The van der Waals surface area contributed by atoms with Crippen LogP contribution in [0.3, 0.4) is 0 Å². The van der Waals surface area contributed by atoms with E-state index in [4.69, 9.17) is 11.6 Å². The van der Waals surface area contributed by atoms with Crippen LogP contribution in [0.1, 0.15) is 0 Å². The van der Waals surface area contributed by atoms with Crippen LogP contribution in [0.5, 0.6) is 0 Å². The average Bonchev–Trinajstić information content (AvgIpc) is 2.30. The number of nitrogens with zero attached hydrogens (tertiary/aromatic N) is 3. The molecule has 1 N–H and O–H groups in total. The van der Waals surface area contributed by atoms with Gasteiger partial charge in [0.2, 0.25) is 0 Å². The van der Waals surface area contributed by atoms with Gasteiger partial charge in [0.05, 0.1) is 10.8 Å². The second-order valence-corrected chi connectivity index (χ2v) is 3.80. The van der Waals surface area contributed by atoms with Crippen molar-refractivity contribution in [3.63, 3.8) is 0 Å². The summed E-state index contributed by atoms with van der Waals surface area (Å²) in [5, 5.41) is 7.84. The van der Waals surface area contributed by atoms with Crippen molar-refractivity contribution < 1.29 is 51.4 Å². The van der Waals surface area contributed by atoms with Gasteiger partial charge in [-0.3, -0.25) is 0 Å². The van der Waals surface area contributed by atoms with E-state index in [0.29, 0.717) is 11.0 Å². The molecule has 2 rings (SSSR count). The van der Waals surface area contributed by atoms with Gasteiger partial charge in [-0.15, -0.1) is 0 Å². The normalized spacial score (nSPS) is 15.5. The van der Waals surface area contributed by atoms with Crippen LogP contribution in [0, 0.1) is 0 Å². The molecule has 4 nitrogen and oxygen atoms in total. The van der Waals surface area contributed by atoms with Gasteiger partial charge in [-0.1, -0.05) is 30.5 Å². The monoisotopic (exact) mass is 264 g/mol. The SMILES string of the molecule is C[N-]c1ccc(N2CCNCC2)c(Cl)n1.[K+]. The Labute approximate surface area is 144 Å². The van der Waals surface area contributed by atoms with E-state index in [2.05, 4.69) is 20.5 Å². The van der Waals surface area contributed by atoms with Gasteiger partial charge in [0.1, 0.15) is 0 Å². The Morgan fingerprint density at radius 3 is 2.62 bits per heavy atom. The molecular formula is C10H14ClKN4. The molecule has 1 saturated heterocycles. The van der Waals surface area contributed by atoms with E-state index < -0.39 is 0 Å². The van der Waals surface area contributed by atoms with Crippen molar-refractivity contribution >= 4 is 23.1 Å². The van der Waals surface area contributed by atoms with E-state index in [1.54, 1.807) is 7.05 Å². The fraction of sp³-hybridized carbons (Fsp3) is 0.500. The number of halogens is 1. The van der Waals surface area contributed by atoms with Crippen molar-refractivity contribution in [3.05, 3.63) is 22.6 Å². The summed E-state index contributed by atoms with van der Waals surface area (Å²) < 4.78 is 0. The Kier molecular flexibility index (Phi) is 6.57. The fourth-order valence-electron chi connectivity index (χ4n) is 1.68. The van der Waals surface area contributed by atoms with Crippen LogP contribution in [0.25, 0.3) is 5.32 Å². The predicted molar refractivity (Wildman–Crippen MR) is 63.3 cm³/mol. The first-order chi connectivity index (χ1) is 7.31. The second kappa shape index (κ2) is 7.16. The molecule has 82 valence electrons. The van der Waals surface area contributed by atoms with Crippen molar-refractivity contribution in [2.24, 2.45) is 0 Å². The van der Waals surface area contributed by atoms with E-state index in [1.165, 1.54) is 0 Å². The van der Waals surface area contributed by atoms with Crippen LogP contribution in [0.4, 0.5) is 11.5 Å². The molecule has 0 atom stereocenters. The number of aromatic nitrogens is 1. The Morgan fingerprint density at radius 1 is 1.38 bits per heavy atom. The molecule has 0 aromatic carbocycles. The average molecular weight is 265 g/mol. The third kappa shape index (κ3) is 3.56. The summed E-state index contributed by atoms with van der Waals surface area (Å²) in [5.74, 6) is 0.680. The molecule has 1 aliphatic rings. The minimum absolute atomic E-state index is 0. The van der Waals surface area contributed by atoms with Crippen LogP contribution in [0.15, 0.2) is 12.1 Å². The Morgan fingerprint density at radius 2 is 2.06 bits per heavy atom. The van der Waals surface area contributed by atoms with Crippen molar-refractivity contribution in [2.75, 3.05) is 38.1 Å². The molecular weight excluding hydrogens is 251 g/mol. The molecule has 0 radical (unpaired) electrons. The van der Waals surface area contributed by atoms with Crippen molar-refractivity contribution in [1.82, 2.24) is 10.3 Å². The van der Waals surface area contributed by atoms with E-state index in [0.717, 1.165) is 31.9 Å². The molecule has 1 aliphatic heterocycles. The van der Waals surface area contributed by atoms with Crippen molar-refractivity contribution in [3.8, 4) is 0 Å². The van der Waals surface area contributed by atoms with Gasteiger partial charge in [0.15, 0.2) is 0 Å². The largest absolute Gasteiger partial charge is 1.00 e. The van der Waals surface area contributed by atoms with E-state index in [1.807, 2.05) is 12.1 Å². The molecule has 1 fully saturated rings. The van der Waals surface area contributed by atoms with Gasteiger partial charge in [0.25, 0.3) is 0 Å². The van der Waals surface area contributed by atoms with Gasteiger partial charge in [-0.2, -0.15) is 0 Å². The first kappa shape index (κ1) is 14.7. The maximum atomic E-state index is 6.11. The smallest absolute Gasteiger partial charge is 0.469 e. The Balaban J connectivity index is 0.00000128. The summed E-state index contributed by atoms with van der Waals surface area (Å²) in [6.45, 7) is 3.94. The molecule has 2 heterocycles. The summed E-state index contributed by atoms with van der Waals surface area (Å²) in [7, 11) is 1.71. The molecule has 0 saturated carbocycles. The first-order valence-electron chi connectivity index (χ1n) is 5.03. The molecule has 0 spiro atoms. The van der Waals surface area contributed by atoms with E-state index in [9.17, 15) is 0 Å². The summed E-state index contributed by atoms with van der Waals surface area (Å²) in [4.78, 5) is 6.44. The third-order valence-corrected chi connectivity index (χ3v) is 2.78. The standard InChI is InChI=1S/C10H14ClN4.K/c1-12-9-3-2-8(10(11)14-9)15-6-4-13-5-7-15;/h2-3,13H,4-7H2,1H3;/q-1;+1. The topological polar surface area (TPSA) is 42.3 Å². The van der Waals surface area contributed by atoms with Crippen LogP contribution in [0.2, 0.25) is 5.15 Å². The van der Waals surface area contributed by atoms with Gasteiger partial charge in [-0.25, -0.2) is 0 Å². The summed E-state index contributed by atoms with van der Waals surface area (Å²) in [6.07, 6.45) is 0. The number of hydrogen-bond donors (Lipinski definition) is 1. The second-order valence-electron chi connectivity index (χ2n) is 3.44. The Bertz CT molecular complexity index is 342.